The summed E-state index contributed by atoms with van der Waals surface area (Å²) >= 11 is 0. The van der Waals surface area contributed by atoms with E-state index in [2.05, 4.69) is 187 Å². The minimum Gasteiger partial charge on any atom is -0.456 e. The average Bonchev–Trinajstić information content (AvgIpc) is 3.87. The third-order valence-corrected chi connectivity index (χ3v) is 13.5. The van der Waals surface area contributed by atoms with Gasteiger partial charge in [0.25, 0.3) is 0 Å². The molecule has 0 bridgehead atoms. The molecule has 0 saturated heterocycles. The maximum absolute atomic E-state index is 6.30. The Hall–Kier alpha value is -6.64. The quantitative estimate of drug-likeness (QED) is 0.180. The van der Waals surface area contributed by atoms with Gasteiger partial charge in [-0.2, -0.15) is 0 Å². The lowest BCUT2D eigenvalue weighted by Gasteiger charge is -2.45. The molecule has 12 rings (SSSR count). The number of rotatable bonds is 4. The van der Waals surface area contributed by atoms with Crippen molar-refractivity contribution in [2.75, 3.05) is 4.90 Å². The van der Waals surface area contributed by atoms with Gasteiger partial charge in [-0.3, -0.25) is 0 Å². The van der Waals surface area contributed by atoms with Gasteiger partial charge in [-0.15, -0.1) is 0 Å². The molecule has 1 aromatic heterocycles. The number of anilines is 3. The van der Waals surface area contributed by atoms with E-state index in [9.17, 15) is 0 Å². The molecule has 0 amide bonds. The van der Waals surface area contributed by atoms with Gasteiger partial charge in [0.1, 0.15) is 11.2 Å². The molecule has 0 atom stereocenters. The number of hydrogen-bond donors (Lipinski definition) is 0. The zero-order chi connectivity index (χ0) is 36.8. The largest absolute Gasteiger partial charge is 0.456 e. The van der Waals surface area contributed by atoms with Crippen molar-refractivity contribution in [3.05, 3.63) is 210 Å². The standard InChI is InChI=1S/C54H39NO/c1-2-12-36(13-3-1)37-22-24-38(25-23-37)55(39-27-29-52-46(34-39)45-17-7-11-21-51(45)56-52)40-26-28-44-43-16-6-10-20-49(43)54(50(44)35-40)32-30-53(31-33-54)47-18-8-4-14-41(47)42-15-5-9-19-48(42)53/h1-29,34-35H,30-33H2. The highest BCUT2D eigenvalue weighted by Crippen LogP contribution is 2.64. The van der Waals surface area contributed by atoms with Crippen molar-refractivity contribution < 1.29 is 4.42 Å². The number of fused-ring (bicyclic) bond motifs is 13. The van der Waals surface area contributed by atoms with Gasteiger partial charge in [0.05, 0.1) is 0 Å². The van der Waals surface area contributed by atoms with Gasteiger partial charge in [-0.25, -0.2) is 0 Å². The van der Waals surface area contributed by atoms with Crippen molar-refractivity contribution in [2.24, 2.45) is 0 Å². The molecule has 9 aromatic rings. The van der Waals surface area contributed by atoms with Gasteiger partial charge < -0.3 is 9.32 Å². The second-order valence-corrected chi connectivity index (χ2v) is 16.1. The van der Waals surface area contributed by atoms with Crippen LogP contribution in [0.3, 0.4) is 0 Å². The zero-order valence-corrected chi connectivity index (χ0v) is 31.1. The lowest BCUT2D eigenvalue weighted by atomic mass is 9.57. The Bertz CT molecular complexity index is 2930. The summed E-state index contributed by atoms with van der Waals surface area (Å²) in [5.74, 6) is 0. The molecule has 2 heteroatoms. The highest BCUT2D eigenvalue weighted by molar-refractivity contribution is 6.06. The fourth-order valence-corrected chi connectivity index (χ4v) is 10.9. The Morgan fingerprint density at radius 1 is 0.339 bits per heavy atom. The van der Waals surface area contributed by atoms with Crippen molar-refractivity contribution >= 4 is 39.0 Å². The summed E-state index contributed by atoms with van der Waals surface area (Å²) in [4.78, 5) is 2.45. The number of nitrogens with zero attached hydrogens (tertiary/aromatic N) is 1. The van der Waals surface area contributed by atoms with Crippen molar-refractivity contribution in [3.8, 4) is 33.4 Å². The summed E-state index contributed by atoms with van der Waals surface area (Å²) in [7, 11) is 0. The lowest BCUT2D eigenvalue weighted by molar-refractivity contribution is 0.265. The van der Waals surface area contributed by atoms with Gasteiger partial charge in [0.2, 0.25) is 0 Å². The molecule has 3 aliphatic carbocycles. The summed E-state index contributed by atoms with van der Waals surface area (Å²) in [5, 5.41) is 2.27. The third kappa shape index (κ3) is 4.44. The van der Waals surface area contributed by atoms with Crippen LogP contribution in [-0.4, -0.2) is 0 Å². The molecule has 1 heterocycles. The Morgan fingerprint density at radius 2 is 0.804 bits per heavy atom. The molecule has 8 aromatic carbocycles. The van der Waals surface area contributed by atoms with Crippen LogP contribution in [0.25, 0.3) is 55.3 Å². The van der Waals surface area contributed by atoms with Gasteiger partial charge in [0, 0.05) is 38.7 Å². The fourth-order valence-electron chi connectivity index (χ4n) is 10.9. The topological polar surface area (TPSA) is 16.4 Å². The lowest BCUT2D eigenvalue weighted by Crippen LogP contribution is -2.39. The van der Waals surface area contributed by atoms with E-state index in [0.29, 0.717) is 0 Å². The highest BCUT2D eigenvalue weighted by atomic mass is 16.3. The normalized spacial score (nSPS) is 15.5. The average molecular weight is 718 g/mol. The van der Waals surface area contributed by atoms with E-state index < -0.39 is 0 Å². The van der Waals surface area contributed by atoms with Crippen LogP contribution in [0.5, 0.6) is 0 Å². The van der Waals surface area contributed by atoms with E-state index >= 15 is 0 Å². The number of hydrogen-bond acceptors (Lipinski definition) is 2. The Balaban J connectivity index is 1.01. The van der Waals surface area contributed by atoms with Crippen molar-refractivity contribution in [3.63, 3.8) is 0 Å². The molecule has 56 heavy (non-hydrogen) atoms. The van der Waals surface area contributed by atoms with Crippen LogP contribution < -0.4 is 4.90 Å². The highest BCUT2D eigenvalue weighted by Gasteiger charge is 2.53. The molecule has 3 aliphatic rings. The first-order chi connectivity index (χ1) is 27.7. The van der Waals surface area contributed by atoms with Crippen LogP contribution in [0.15, 0.2) is 192 Å². The minimum atomic E-state index is -0.0623. The molecule has 0 radical (unpaired) electrons. The molecule has 2 spiro atoms. The van der Waals surface area contributed by atoms with Gasteiger partial charge >= 0.3 is 0 Å². The van der Waals surface area contributed by atoms with Crippen molar-refractivity contribution in [2.45, 2.75) is 36.5 Å². The predicted octanol–water partition coefficient (Wildman–Crippen LogP) is 14.5. The number of furan rings is 1. The minimum absolute atomic E-state index is 0.0447. The van der Waals surface area contributed by atoms with Gasteiger partial charge in [-0.05, 0) is 130 Å². The summed E-state index contributed by atoms with van der Waals surface area (Å²) in [6, 6.07) is 69.6. The molecule has 1 saturated carbocycles. The van der Waals surface area contributed by atoms with Gasteiger partial charge in [0.15, 0.2) is 0 Å². The van der Waals surface area contributed by atoms with E-state index in [-0.39, 0.29) is 10.8 Å². The molecule has 266 valence electrons. The van der Waals surface area contributed by atoms with E-state index in [1.54, 1.807) is 0 Å². The van der Waals surface area contributed by atoms with Crippen molar-refractivity contribution in [1.82, 2.24) is 0 Å². The molecule has 1 fully saturated rings. The summed E-state index contributed by atoms with van der Waals surface area (Å²) in [6.07, 6.45) is 4.44. The molecular formula is C54H39NO. The predicted molar refractivity (Wildman–Crippen MR) is 231 cm³/mol. The first-order valence-electron chi connectivity index (χ1n) is 20.0. The van der Waals surface area contributed by atoms with E-state index in [0.717, 1.165) is 59.0 Å². The summed E-state index contributed by atoms with van der Waals surface area (Å²) in [5.41, 5.74) is 19.2. The molecule has 0 aliphatic heterocycles. The van der Waals surface area contributed by atoms with E-state index in [4.69, 9.17) is 4.42 Å². The Labute approximate surface area is 327 Å². The second-order valence-electron chi connectivity index (χ2n) is 16.1. The number of para-hydroxylation sites is 1. The maximum Gasteiger partial charge on any atom is 0.135 e. The SMILES string of the molecule is c1ccc(-c2ccc(N(c3ccc4c(c3)C3(CCC5(CC3)c3ccccc3-c3ccccc35)c3ccccc3-4)c3ccc4oc5ccccc5c4c3)cc2)cc1. The van der Waals surface area contributed by atoms with Crippen LogP contribution in [0, 0.1) is 0 Å². The van der Waals surface area contributed by atoms with Gasteiger partial charge in [-0.1, -0.05) is 140 Å². The number of benzene rings is 8. The van der Waals surface area contributed by atoms with Crippen LogP contribution in [0.2, 0.25) is 0 Å². The fraction of sp³-hybridized carbons (Fsp3) is 0.111. The van der Waals surface area contributed by atoms with Crippen LogP contribution in [0.1, 0.15) is 47.9 Å². The van der Waals surface area contributed by atoms with Crippen LogP contribution >= 0.6 is 0 Å². The van der Waals surface area contributed by atoms with Crippen LogP contribution in [-0.2, 0) is 10.8 Å². The van der Waals surface area contributed by atoms with E-state index in [1.165, 1.54) is 61.3 Å². The zero-order valence-electron chi connectivity index (χ0n) is 31.1. The summed E-state index contributed by atoms with van der Waals surface area (Å²) in [6.45, 7) is 0. The summed E-state index contributed by atoms with van der Waals surface area (Å²) < 4.78 is 6.30. The molecule has 0 N–H and O–H groups in total. The second kappa shape index (κ2) is 11.9. The monoisotopic (exact) mass is 717 g/mol. The molecule has 0 unspecified atom stereocenters. The Morgan fingerprint density at radius 3 is 1.46 bits per heavy atom. The van der Waals surface area contributed by atoms with E-state index in [1.807, 2.05) is 6.07 Å². The molecular weight excluding hydrogens is 679 g/mol. The Kier molecular flexibility index (Phi) is 6.75. The maximum atomic E-state index is 6.30. The third-order valence-electron chi connectivity index (χ3n) is 13.5. The van der Waals surface area contributed by atoms with Crippen LogP contribution in [0.4, 0.5) is 17.1 Å². The first kappa shape index (κ1) is 31.7. The molecule has 2 nitrogen and oxygen atoms in total. The first-order valence-corrected chi connectivity index (χ1v) is 20.0. The smallest absolute Gasteiger partial charge is 0.135 e. The van der Waals surface area contributed by atoms with Crippen molar-refractivity contribution in [1.29, 1.82) is 0 Å².